The van der Waals surface area contributed by atoms with E-state index in [2.05, 4.69) is 40.0 Å². The summed E-state index contributed by atoms with van der Waals surface area (Å²) < 4.78 is 7.39. The minimum Gasteiger partial charge on any atom is -0.347 e. The van der Waals surface area contributed by atoms with Gasteiger partial charge in [0, 0.05) is 42.2 Å². The van der Waals surface area contributed by atoms with Crippen LogP contribution in [0, 0.1) is 0 Å². The topological polar surface area (TPSA) is 69.9 Å². The molecule has 2 heterocycles. The van der Waals surface area contributed by atoms with Crippen LogP contribution < -0.4 is 5.73 Å². The largest absolute Gasteiger partial charge is 0.347 e. The van der Waals surface area contributed by atoms with E-state index in [1.165, 1.54) is 5.52 Å². The normalized spacial score (nSPS) is 11.3. The van der Waals surface area contributed by atoms with Crippen molar-refractivity contribution in [2.75, 3.05) is 6.54 Å². The third-order valence-electron chi connectivity index (χ3n) is 3.20. The van der Waals surface area contributed by atoms with Crippen LogP contribution in [0.15, 0.2) is 35.0 Å². The van der Waals surface area contributed by atoms with Gasteiger partial charge in [0.25, 0.3) is 0 Å². The smallest absolute Gasteiger partial charge is 0.228 e. The van der Waals surface area contributed by atoms with Crippen LogP contribution in [0.25, 0.3) is 22.3 Å². The van der Waals surface area contributed by atoms with Gasteiger partial charge in [0.1, 0.15) is 0 Å². The van der Waals surface area contributed by atoms with E-state index in [-0.39, 0.29) is 0 Å². The molecule has 5 heteroatoms. The summed E-state index contributed by atoms with van der Waals surface area (Å²) in [6, 6.07) is 8.24. The van der Waals surface area contributed by atoms with E-state index < -0.39 is 0 Å². The molecule has 2 aromatic heterocycles. The number of aromatic nitrogens is 3. The second-order valence-corrected chi connectivity index (χ2v) is 4.40. The highest BCUT2D eigenvalue weighted by atomic mass is 16.5. The van der Waals surface area contributed by atoms with Crippen LogP contribution in [0.4, 0.5) is 0 Å². The quantitative estimate of drug-likeness (QED) is 0.777. The van der Waals surface area contributed by atoms with Gasteiger partial charge in [-0.05, 0) is 13.0 Å². The van der Waals surface area contributed by atoms with E-state index in [1.807, 2.05) is 12.1 Å². The third-order valence-corrected chi connectivity index (χ3v) is 3.20. The summed E-state index contributed by atoms with van der Waals surface area (Å²) in [6.45, 7) is 3.54. The molecule has 2 N–H and O–H groups in total. The van der Waals surface area contributed by atoms with Crippen LogP contribution in [0.2, 0.25) is 0 Å². The van der Waals surface area contributed by atoms with Gasteiger partial charge in [-0.25, -0.2) is 0 Å². The molecule has 0 aliphatic rings. The van der Waals surface area contributed by atoms with Gasteiger partial charge in [-0.1, -0.05) is 23.4 Å². The highest BCUT2D eigenvalue weighted by Gasteiger charge is 2.14. The molecule has 0 aliphatic carbocycles. The maximum Gasteiger partial charge on any atom is 0.228 e. The van der Waals surface area contributed by atoms with Gasteiger partial charge >= 0.3 is 0 Å². The van der Waals surface area contributed by atoms with Crippen LogP contribution in [0.1, 0.15) is 12.8 Å². The number of nitrogens with two attached hydrogens (primary N) is 1. The van der Waals surface area contributed by atoms with Crippen LogP contribution in [-0.4, -0.2) is 21.3 Å². The number of fused-ring (bicyclic) bond motifs is 1. The molecule has 0 saturated carbocycles. The first-order chi connectivity index (χ1) is 9.33. The summed E-state index contributed by atoms with van der Waals surface area (Å²) in [5.41, 5.74) is 7.68. The third kappa shape index (κ3) is 2.02. The predicted octanol–water partition coefficient (Wildman–Crippen LogP) is 2.21. The highest BCUT2D eigenvalue weighted by molar-refractivity contribution is 5.94. The highest BCUT2D eigenvalue weighted by Crippen LogP contribution is 2.28. The number of hydrogen-bond donors (Lipinski definition) is 1. The average Bonchev–Trinajstić information content (AvgIpc) is 3.03. The Morgan fingerprint density at radius 2 is 2.16 bits per heavy atom. The lowest BCUT2D eigenvalue weighted by molar-refractivity contribution is 0.380. The lowest BCUT2D eigenvalue weighted by atomic mass is 10.2. The van der Waals surface area contributed by atoms with E-state index in [1.54, 1.807) is 0 Å². The minimum absolute atomic E-state index is 0.512. The molecule has 0 bridgehead atoms. The zero-order valence-electron chi connectivity index (χ0n) is 10.8. The zero-order chi connectivity index (χ0) is 13.2. The fourth-order valence-corrected chi connectivity index (χ4v) is 2.28. The van der Waals surface area contributed by atoms with Gasteiger partial charge in [-0.2, -0.15) is 4.98 Å². The van der Waals surface area contributed by atoms with Crippen molar-refractivity contribution in [2.45, 2.75) is 19.9 Å². The fourth-order valence-electron chi connectivity index (χ4n) is 2.28. The molecular formula is C14H16N4O. The summed E-state index contributed by atoms with van der Waals surface area (Å²) in [5, 5.41) is 5.19. The maximum absolute atomic E-state index is 5.49. The Labute approximate surface area is 111 Å². The van der Waals surface area contributed by atoms with Crippen molar-refractivity contribution in [1.82, 2.24) is 14.7 Å². The molecule has 0 saturated heterocycles. The lowest BCUT2D eigenvalue weighted by Crippen LogP contribution is -2.02. The first-order valence-corrected chi connectivity index (χ1v) is 6.44. The summed E-state index contributed by atoms with van der Waals surface area (Å²) in [6.07, 6.45) is 2.68. The predicted molar refractivity (Wildman–Crippen MR) is 73.7 cm³/mol. The van der Waals surface area contributed by atoms with E-state index in [0.717, 1.165) is 17.5 Å². The summed E-state index contributed by atoms with van der Waals surface area (Å²) in [5.74, 6) is 1.22. The lowest BCUT2D eigenvalue weighted by Gasteiger charge is -1.97. The van der Waals surface area contributed by atoms with Gasteiger partial charge in [0.15, 0.2) is 0 Å². The molecule has 98 valence electrons. The molecular weight excluding hydrogens is 240 g/mol. The molecule has 0 spiro atoms. The molecule has 0 atom stereocenters. The van der Waals surface area contributed by atoms with Gasteiger partial charge in [0.05, 0.1) is 0 Å². The maximum atomic E-state index is 5.49. The van der Waals surface area contributed by atoms with Gasteiger partial charge < -0.3 is 14.8 Å². The number of benzene rings is 1. The Morgan fingerprint density at radius 1 is 1.32 bits per heavy atom. The summed E-state index contributed by atoms with van der Waals surface area (Å²) in [7, 11) is 0. The van der Waals surface area contributed by atoms with E-state index in [4.69, 9.17) is 10.3 Å². The Hall–Kier alpha value is -2.14. The van der Waals surface area contributed by atoms with Gasteiger partial charge in [0.2, 0.25) is 11.7 Å². The SMILES string of the molecule is CCn1cc(-c2noc(CCN)n2)c2ccccc21. The van der Waals surface area contributed by atoms with Crippen molar-refractivity contribution in [2.24, 2.45) is 5.73 Å². The second-order valence-electron chi connectivity index (χ2n) is 4.40. The van der Waals surface area contributed by atoms with Crippen LogP contribution in [0.5, 0.6) is 0 Å². The van der Waals surface area contributed by atoms with Crippen molar-refractivity contribution in [1.29, 1.82) is 0 Å². The fraction of sp³-hybridized carbons (Fsp3) is 0.286. The number of nitrogens with zero attached hydrogens (tertiary/aromatic N) is 3. The monoisotopic (exact) mass is 256 g/mol. The molecule has 3 rings (SSSR count). The van der Waals surface area contributed by atoms with E-state index in [9.17, 15) is 0 Å². The Morgan fingerprint density at radius 3 is 2.95 bits per heavy atom. The number of hydrogen-bond acceptors (Lipinski definition) is 4. The van der Waals surface area contributed by atoms with E-state index >= 15 is 0 Å². The first-order valence-electron chi connectivity index (χ1n) is 6.44. The Balaban J connectivity index is 2.13. The molecule has 19 heavy (non-hydrogen) atoms. The zero-order valence-corrected chi connectivity index (χ0v) is 10.8. The standard InChI is InChI=1S/C14H16N4O/c1-2-18-9-11(10-5-3-4-6-12(10)18)14-16-13(7-8-15)19-17-14/h3-6,9H,2,7-8,15H2,1H3. The second kappa shape index (κ2) is 4.85. The molecule has 0 fully saturated rings. The van der Waals surface area contributed by atoms with Crippen molar-refractivity contribution in [3.63, 3.8) is 0 Å². The number of para-hydroxylation sites is 1. The molecule has 0 radical (unpaired) electrons. The average molecular weight is 256 g/mol. The molecule has 0 aliphatic heterocycles. The van der Waals surface area contributed by atoms with Crippen LogP contribution >= 0.6 is 0 Å². The van der Waals surface area contributed by atoms with Crippen molar-refractivity contribution in [3.05, 3.63) is 36.4 Å². The van der Waals surface area contributed by atoms with E-state index in [0.29, 0.717) is 24.7 Å². The minimum atomic E-state index is 0.512. The van der Waals surface area contributed by atoms with Crippen LogP contribution in [-0.2, 0) is 13.0 Å². The Kier molecular flexibility index (Phi) is 3.05. The van der Waals surface area contributed by atoms with Gasteiger partial charge in [-0.3, -0.25) is 0 Å². The molecule has 0 unspecified atom stereocenters. The first kappa shape index (κ1) is 11.9. The van der Waals surface area contributed by atoms with Crippen molar-refractivity contribution in [3.8, 4) is 11.4 Å². The number of aryl methyl sites for hydroxylation is 1. The molecule has 5 nitrogen and oxygen atoms in total. The number of rotatable bonds is 4. The molecule has 3 aromatic rings. The van der Waals surface area contributed by atoms with Gasteiger partial charge in [-0.15, -0.1) is 0 Å². The Bertz CT molecular complexity index is 698. The van der Waals surface area contributed by atoms with Crippen LogP contribution in [0.3, 0.4) is 0 Å². The van der Waals surface area contributed by atoms with Crippen molar-refractivity contribution >= 4 is 10.9 Å². The summed E-state index contributed by atoms with van der Waals surface area (Å²) >= 11 is 0. The van der Waals surface area contributed by atoms with Crippen molar-refractivity contribution < 1.29 is 4.52 Å². The molecule has 1 aromatic carbocycles. The summed E-state index contributed by atoms with van der Waals surface area (Å²) in [4.78, 5) is 4.40. The molecule has 0 amide bonds.